The average Bonchev–Trinajstić information content (AvgIpc) is 3.14. The van der Waals surface area contributed by atoms with E-state index in [-0.39, 0.29) is 24.0 Å². The summed E-state index contributed by atoms with van der Waals surface area (Å²) in [5.74, 6) is 2.25. The fraction of sp³-hybridized carbons (Fsp3) is 0.947. The molecule has 2 saturated heterocycles. The first-order valence-electron chi connectivity index (χ1n) is 9.97. The van der Waals surface area contributed by atoms with Crippen molar-refractivity contribution in [3.63, 3.8) is 0 Å². The number of hydrogen-bond acceptors (Lipinski definition) is 4. The molecule has 2 aliphatic rings. The van der Waals surface area contributed by atoms with Crippen molar-refractivity contribution in [1.29, 1.82) is 0 Å². The number of morpholine rings is 1. The van der Waals surface area contributed by atoms with E-state index in [9.17, 15) is 0 Å². The van der Waals surface area contributed by atoms with Gasteiger partial charge in [0.05, 0.1) is 19.8 Å². The highest BCUT2D eigenvalue weighted by molar-refractivity contribution is 14.0. The molecule has 0 aromatic rings. The van der Waals surface area contributed by atoms with E-state index in [1.54, 1.807) is 0 Å². The first-order valence-corrected chi connectivity index (χ1v) is 9.97. The Labute approximate surface area is 176 Å². The molecular formula is C19H39IN4O2. The summed E-state index contributed by atoms with van der Waals surface area (Å²) in [5, 5.41) is 7.10. The molecule has 154 valence electrons. The van der Waals surface area contributed by atoms with Crippen molar-refractivity contribution in [3.05, 3.63) is 0 Å². The fourth-order valence-electron chi connectivity index (χ4n) is 3.64. The second kappa shape index (κ2) is 13.1. The fourth-order valence-corrected chi connectivity index (χ4v) is 3.64. The molecule has 2 aliphatic heterocycles. The Kier molecular flexibility index (Phi) is 12.1. The molecule has 2 heterocycles. The highest BCUT2D eigenvalue weighted by atomic mass is 127. The van der Waals surface area contributed by atoms with Crippen LogP contribution in [0, 0.1) is 11.8 Å². The summed E-state index contributed by atoms with van der Waals surface area (Å²) in [6.45, 7) is 13.2. The van der Waals surface area contributed by atoms with Crippen LogP contribution in [0.1, 0.15) is 40.0 Å². The van der Waals surface area contributed by atoms with E-state index >= 15 is 0 Å². The number of nitrogens with one attached hydrogen (secondary N) is 2. The normalized spacial score (nSPS) is 24.2. The van der Waals surface area contributed by atoms with Crippen LogP contribution >= 0.6 is 24.0 Å². The lowest BCUT2D eigenvalue weighted by atomic mass is 9.97. The Morgan fingerprint density at radius 1 is 1.12 bits per heavy atom. The molecular weight excluding hydrogens is 443 g/mol. The maximum absolute atomic E-state index is 5.65. The first-order chi connectivity index (χ1) is 12.1. The van der Waals surface area contributed by atoms with E-state index in [0.717, 1.165) is 64.4 Å². The van der Waals surface area contributed by atoms with Gasteiger partial charge in [-0.05, 0) is 32.1 Å². The van der Waals surface area contributed by atoms with Gasteiger partial charge in [0.1, 0.15) is 0 Å². The van der Waals surface area contributed by atoms with E-state index in [4.69, 9.17) is 9.47 Å². The summed E-state index contributed by atoms with van der Waals surface area (Å²) >= 11 is 0. The molecule has 3 unspecified atom stereocenters. The molecule has 0 amide bonds. The Hall–Kier alpha value is -0.120. The van der Waals surface area contributed by atoms with Crippen LogP contribution in [0.5, 0.6) is 0 Å². The molecule has 0 bridgehead atoms. The summed E-state index contributed by atoms with van der Waals surface area (Å²) in [6, 6.07) is 0.918. The lowest BCUT2D eigenvalue weighted by Gasteiger charge is -2.37. The van der Waals surface area contributed by atoms with Gasteiger partial charge in [0.15, 0.2) is 5.96 Å². The quantitative estimate of drug-likeness (QED) is 0.316. The molecule has 0 aromatic heterocycles. The van der Waals surface area contributed by atoms with Gasteiger partial charge in [-0.2, -0.15) is 0 Å². The summed E-state index contributed by atoms with van der Waals surface area (Å²) in [5.41, 5.74) is 0. The zero-order valence-electron chi connectivity index (χ0n) is 17.0. The lowest BCUT2D eigenvalue weighted by molar-refractivity contribution is 0.00246. The van der Waals surface area contributed by atoms with Gasteiger partial charge < -0.3 is 20.1 Å². The second-order valence-corrected chi connectivity index (χ2v) is 7.81. The highest BCUT2D eigenvalue weighted by Gasteiger charge is 2.31. The third kappa shape index (κ3) is 8.27. The van der Waals surface area contributed by atoms with Crippen LogP contribution in [0.2, 0.25) is 0 Å². The molecule has 0 aromatic carbocycles. The van der Waals surface area contributed by atoms with E-state index in [2.05, 4.69) is 41.3 Å². The first kappa shape index (κ1) is 23.9. The molecule has 0 saturated carbocycles. The van der Waals surface area contributed by atoms with Gasteiger partial charge in [0.2, 0.25) is 0 Å². The predicted molar refractivity (Wildman–Crippen MR) is 119 cm³/mol. The maximum Gasteiger partial charge on any atom is 0.191 e. The van der Waals surface area contributed by atoms with E-state index in [0.29, 0.717) is 18.0 Å². The minimum atomic E-state index is 0. The zero-order chi connectivity index (χ0) is 18.1. The predicted octanol–water partition coefficient (Wildman–Crippen LogP) is 2.33. The topological polar surface area (TPSA) is 58.1 Å². The number of hydrogen-bond donors (Lipinski definition) is 2. The second-order valence-electron chi connectivity index (χ2n) is 7.81. The van der Waals surface area contributed by atoms with Crippen LogP contribution in [0.3, 0.4) is 0 Å². The number of rotatable bonds is 8. The number of ether oxygens (including phenoxy) is 2. The third-order valence-corrected chi connectivity index (χ3v) is 5.29. The summed E-state index contributed by atoms with van der Waals surface area (Å²) in [7, 11) is 1.85. The van der Waals surface area contributed by atoms with Crippen molar-refractivity contribution in [2.45, 2.75) is 52.1 Å². The minimum absolute atomic E-state index is 0. The number of guanidine groups is 1. The standard InChI is InChI=1S/C19H38N4O2.HI/c1-15(2)5-6-16(3)22-19(20-4)21-13-18(17-7-10-25-14-17)23-8-11-24-12-9-23;/h15-18H,5-14H2,1-4H3,(H2,20,21,22);1H. The highest BCUT2D eigenvalue weighted by Crippen LogP contribution is 2.21. The molecule has 0 radical (unpaired) electrons. The van der Waals surface area contributed by atoms with E-state index in [1.165, 1.54) is 12.8 Å². The summed E-state index contributed by atoms with van der Waals surface area (Å²) < 4.78 is 11.2. The van der Waals surface area contributed by atoms with Crippen LogP contribution in [0.15, 0.2) is 4.99 Å². The number of aliphatic imine (C=N–C) groups is 1. The Balaban J connectivity index is 0.00000338. The van der Waals surface area contributed by atoms with E-state index in [1.807, 2.05) is 7.05 Å². The molecule has 26 heavy (non-hydrogen) atoms. The smallest absolute Gasteiger partial charge is 0.191 e. The third-order valence-electron chi connectivity index (χ3n) is 5.29. The van der Waals surface area contributed by atoms with Gasteiger partial charge in [0, 0.05) is 51.3 Å². The lowest BCUT2D eigenvalue weighted by Crippen LogP contribution is -2.54. The van der Waals surface area contributed by atoms with Crippen LogP contribution in [0.4, 0.5) is 0 Å². The van der Waals surface area contributed by atoms with Gasteiger partial charge in [-0.15, -0.1) is 24.0 Å². The van der Waals surface area contributed by atoms with Crippen LogP contribution in [0.25, 0.3) is 0 Å². The largest absolute Gasteiger partial charge is 0.381 e. The van der Waals surface area contributed by atoms with Crippen molar-refractivity contribution in [2.75, 3.05) is 53.1 Å². The Morgan fingerprint density at radius 3 is 2.42 bits per heavy atom. The molecule has 6 nitrogen and oxygen atoms in total. The molecule has 0 spiro atoms. The molecule has 2 N–H and O–H groups in total. The van der Waals surface area contributed by atoms with Gasteiger partial charge in [-0.1, -0.05) is 13.8 Å². The van der Waals surface area contributed by atoms with Gasteiger partial charge in [-0.25, -0.2) is 0 Å². The Morgan fingerprint density at radius 2 is 1.85 bits per heavy atom. The van der Waals surface area contributed by atoms with Crippen molar-refractivity contribution >= 4 is 29.9 Å². The number of halogens is 1. The van der Waals surface area contributed by atoms with Gasteiger partial charge in [-0.3, -0.25) is 9.89 Å². The van der Waals surface area contributed by atoms with Crippen molar-refractivity contribution in [1.82, 2.24) is 15.5 Å². The maximum atomic E-state index is 5.65. The molecule has 2 fully saturated rings. The molecule has 7 heteroatoms. The van der Waals surface area contributed by atoms with Crippen molar-refractivity contribution in [3.8, 4) is 0 Å². The average molecular weight is 482 g/mol. The van der Waals surface area contributed by atoms with Crippen LogP contribution < -0.4 is 10.6 Å². The molecule has 0 aliphatic carbocycles. The van der Waals surface area contributed by atoms with Crippen molar-refractivity contribution in [2.24, 2.45) is 16.8 Å². The monoisotopic (exact) mass is 482 g/mol. The summed E-state index contributed by atoms with van der Waals surface area (Å²) in [6.07, 6.45) is 3.56. The zero-order valence-corrected chi connectivity index (χ0v) is 19.3. The van der Waals surface area contributed by atoms with Crippen LogP contribution in [-0.4, -0.2) is 76.1 Å². The van der Waals surface area contributed by atoms with Gasteiger partial charge >= 0.3 is 0 Å². The molecule has 3 atom stereocenters. The summed E-state index contributed by atoms with van der Waals surface area (Å²) in [4.78, 5) is 6.98. The van der Waals surface area contributed by atoms with Crippen molar-refractivity contribution < 1.29 is 9.47 Å². The van der Waals surface area contributed by atoms with Crippen LogP contribution in [-0.2, 0) is 9.47 Å². The SMILES string of the molecule is CN=C(NCC(C1CCOC1)N1CCOCC1)NC(C)CCC(C)C.I. The van der Waals surface area contributed by atoms with Gasteiger partial charge in [0.25, 0.3) is 0 Å². The number of nitrogens with zero attached hydrogens (tertiary/aromatic N) is 2. The van der Waals surface area contributed by atoms with E-state index < -0.39 is 0 Å². The molecule has 2 rings (SSSR count). The minimum Gasteiger partial charge on any atom is -0.381 e. The Bertz CT molecular complexity index is 397.